The van der Waals surface area contributed by atoms with E-state index in [9.17, 15) is 4.79 Å². The molecule has 5 atom stereocenters. The maximum atomic E-state index is 12.7. The van der Waals surface area contributed by atoms with Crippen molar-refractivity contribution in [2.45, 2.75) is 45.0 Å². The third-order valence-corrected chi connectivity index (χ3v) is 5.56. The molecule has 0 aromatic rings. The first-order valence-electron chi connectivity index (χ1n) is 9.25. The van der Waals surface area contributed by atoms with Crippen LogP contribution >= 0.6 is 0 Å². The summed E-state index contributed by atoms with van der Waals surface area (Å²) in [5, 5.41) is 3.61. The van der Waals surface area contributed by atoms with Crippen molar-refractivity contribution >= 4 is 17.6 Å². The highest BCUT2D eigenvalue weighted by Gasteiger charge is 2.47. The molecule has 2 saturated heterocycles. The minimum atomic E-state index is -0.529. The van der Waals surface area contributed by atoms with E-state index in [4.69, 9.17) is 15.0 Å². The van der Waals surface area contributed by atoms with Gasteiger partial charge in [0, 0.05) is 38.0 Å². The highest BCUT2D eigenvalue weighted by atomic mass is 16.6. The molecule has 0 aliphatic carbocycles. The fourth-order valence-corrected chi connectivity index (χ4v) is 3.97. The first-order chi connectivity index (χ1) is 13.0. The number of methoxy groups -OCH3 is 1. The second kappa shape index (κ2) is 8.21. The normalized spacial score (nSPS) is 35.3. The Morgan fingerprint density at radius 3 is 2.93 bits per heavy atom. The summed E-state index contributed by atoms with van der Waals surface area (Å²) in [6.45, 7) is 5.08. The Bertz CT molecular complexity index is 739. The fourth-order valence-electron chi connectivity index (χ4n) is 3.97. The molecule has 0 N–H and O–H groups in total. The molecule has 0 bridgehead atoms. The molecule has 3 aliphatic rings. The molecule has 2 fully saturated rings. The number of rotatable bonds is 4. The summed E-state index contributed by atoms with van der Waals surface area (Å²) in [6, 6.07) is 0. The van der Waals surface area contributed by atoms with Crippen LogP contribution in [0.25, 0.3) is 10.4 Å². The van der Waals surface area contributed by atoms with E-state index in [1.165, 1.54) is 0 Å². The standard InChI is InChI=1S/C18H26N6O3/c1-10-8-12(16-15(26-4)11(2)13(27-16)9-20-23-19)18(25)22-17(10)21-14-6-5-7-24(14)3/h8,11-13,15-16H,5-7,9H2,1-4H3/t11-,12?,13?,15+,16?/m1/s1. The van der Waals surface area contributed by atoms with E-state index in [2.05, 4.69) is 24.9 Å². The molecule has 3 unspecified atom stereocenters. The van der Waals surface area contributed by atoms with Gasteiger partial charge in [-0.3, -0.25) is 4.79 Å². The molecule has 3 aliphatic heterocycles. The summed E-state index contributed by atoms with van der Waals surface area (Å²) >= 11 is 0. The number of ether oxygens (including phenoxy) is 2. The Labute approximate surface area is 158 Å². The van der Waals surface area contributed by atoms with Gasteiger partial charge in [-0.2, -0.15) is 4.99 Å². The SMILES string of the molecule is CO[C@@H]1C(C2C=C(C)C(N=C3CCCN3C)=NC2=O)OC(CN=[N+]=[N-])[C@H]1C. The second-order valence-electron chi connectivity index (χ2n) is 7.31. The summed E-state index contributed by atoms with van der Waals surface area (Å²) in [6.07, 6.45) is 2.83. The molecule has 0 aromatic carbocycles. The predicted octanol–water partition coefficient (Wildman–Crippen LogP) is 2.34. The minimum absolute atomic E-state index is 0.00441. The molecule has 0 radical (unpaired) electrons. The zero-order valence-corrected chi connectivity index (χ0v) is 16.2. The average Bonchev–Trinajstić information content (AvgIpc) is 3.19. The van der Waals surface area contributed by atoms with Crippen LogP contribution in [0, 0.1) is 11.8 Å². The largest absolute Gasteiger partial charge is 0.378 e. The van der Waals surface area contributed by atoms with Gasteiger partial charge in [0.05, 0.1) is 30.8 Å². The van der Waals surface area contributed by atoms with Crippen LogP contribution in [0.1, 0.15) is 26.7 Å². The van der Waals surface area contributed by atoms with Crippen molar-refractivity contribution in [2.75, 3.05) is 27.2 Å². The second-order valence-corrected chi connectivity index (χ2v) is 7.31. The summed E-state index contributed by atoms with van der Waals surface area (Å²) in [5.74, 6) is 0.640. The Kier molecular flexibility index (Phi) is 5.94. The molecule has 9 nitrogen and oxygen atoms in total. The van der Waals surface area contributed by atoms with Crippen LogP contribution in [0.5, 0.6) is 0 Å². The Morgan fingerprint density at radius 2 is 2.30 bits per heavy atom. The Morgan fingerprint density at radius 1 is 1.52 bits per heavy atom. The molecule has 3 heterocycles. The maximum absolute atomic E-state index is 12.7. The van der Waals surface area contributed by atoms with Gasteiger partial charge in [-0.05, 0) is 24.4 Å². The van der Waals surface area contributed by atoms with E-state index in [-0.39, 0.29) is 30.6 Å². The topological polar surface area (TPSA) is 112 Å². The molecule has 9 heteroatoms. The highest BCUT2D eigenvalue weighted by molar-refractivity contribution is 6.12. The molecule has 0 spiro atoms. The predicted molar refractivity (Wildman–Crippen MR) is 102 cm³/mol. The van der Waals surface area contributed by atoms with Gasteiger partial charge in [0.2, 0.25) is 0 Å². The number of carbonyl (C=O) groups is 1. The Hall–Kier alpha value is -2.22. The fraction of sp³-hybridized carbons (Fsp3) is 0.722. The van der Waals surface area contributed by atoms with E-state index < -0.39 is 12.0 Å². The first kappa shape index (κ1) is 19.5. The molecule has 27 heavy (non-hydrogen) atoms. The van der Waals surface area contributed by atoms with Crippen molar-refractivity contribution in [3.8, 4) is 0 Å². The number of dihydropyridines is 1. The molecular weight excluding hydrogens is 348 g/mol. The number of hydrogen-bond donors (Lipinski definition) is 0. The van der Waals surface area contributed by atoms with Gasteiger partial charge in [-0.15, -0.1) is 0 Å². The quantitative estimate of drug-likeness (QED) is 0.427. The lowest BCUT2D eigenvalue weighted by Crippen LogP contribution is -2.38. The molecule has 0 aromatic heterocycles. The third-order valence-electron chi connectivity index (χ3n) is 5.56. The molecule has 0 saturated carbocycles. The lowest BCUT2D eigenvalue weighted by atomic mass is 9.88. The van der Waals surface area contributed by atoms with Gasteiger partial charge >= 0.3 is 0 Å². The monoisotopic (exact) mass is 374 g/mol. The van der Waals surface area contributed by atoms with Crippen LogP contribution in [-0.2, 0) is 14.3 Å². The van der Waals surface area contributed by atoms with Gasteiger partial charge in [-0.25, -0.2) is 4.99 Å². The number of amidine groups is 2. The average molecular weight is 374 g/mol. The number of hydrogen-bond acceptors (Lipinski definition) is 5. The van der Waals surface area contributed by atoms with E-state index >= 15 is 0 Å². The van der Waals surface area contributed by atoms with Crippen molar-refractivity contribution < 1.29 is 14.3 Å². The van der Waals surface area contributed by atoms with Crippen molar-refractivity contribution in [1.29, 1.82) is 0 Å². The van der Waals surface area contributed by atoms with Crippen molar-refractivity contribution in [2.24, 2.45) is 26.9 Å². The number of aliphatic imine (C=N–C) groups is 2. The minimum Gasteiger partial charge on any atom is -0.378 e. The summed E-state index contributed by atoms with van der Waals surface area (Å²) in [4.78, 5) is 26.5. The van der Waals surface area contributed by atoms with E-state index in [0.717, 1.165) is 30.8 Å². The van der Waals surface area contributed by atoms with Crippen LogP contribution in [0.3, 0.4) is 0 Å². The molecule has 146 valence electrons. The zero-order chi connectivity index (χ0) is 19.6. The number of amides is 1. The lowest BCUT2D eigenvalue weighted by Gasteiger charge is -2.26. The highest BCUT2D eigenvalue weighted by Crippen LogP contribution is 2.36. The number of carbonyl (C=O) groups excluding carboxylic acids is 1. The van der Waals surface area contributed by atoms with Gasteiger partial charge < -0.3 is 14.4 Å². The summed E-state index contributed by atoms with van der Waals surface area (Å²) < 4.78 is 11.7. The number of azide groups is 1. The van der Waals surface area contributed by atoms with Gasteiger partial charge in [0.15, 0.2) is 5.84 Å². The number of nitrogens with zero attached hydrogens (tertiary/aromatic N) is 6. The zero-order valence-electron chi connectivity index (χ0n) is 16.2. The molecule has 3 rings (SSSR count). The van der Waals surface area contributed by atoms with Gasteiger partial charge in [0.1, 0.15) is 5.84 Å². The van der Waals surface area contributed by atoms with Crippen LogP contribution in [0.15, 0.2) is 26.7 Å². The van der Waals surface area contributed by atoms with E-state index in [0.29, 0.717) is 5.84 Å². The number of likely N-dealkylation sites (tertiary alicyclic amines) is 1. The van der Waals surface area contributed by atoms with Gasteiger partial charge in [-0.1, -0.05) is 18.1 Å². The van der Waals surface area contributed by atoms with Crippen molar-refractivity contribution in [3.63, 3.8) is 0 Å². The first-order valence-corrected chi connectivity index (χ1v) is 9.25. The van der Waals surface area contributed by atoms with Crippen LogP contribution < -0.4 is 0 Å². The smallest absolute Gasteiger partial charge is 0.257 e. The van der Waals surface area contributed by atoms with Crippen molar-refractivity contribution in [3.05, 3.63) is 22.1 Å². The van der Waals surface area contributed by atoms with E-state index in [1.54, 1.807) is 7.11 Å². The summed E-state index contributed by atoms with van der Waals surface area (Å²) in [5.41, 5.74) is 9.42. The van der Waals surface area contributed by atoms with Gasteiger partial charge in [0.25, 0.3) is 5.91 Å². The Balaban J connectivity index is 1.80. The van der Waals surface area contributed by atoms with Crippen LogP contribution in [0.2, 0.25) is 0 Å². The van der Waals surface area contributed by atoms with Crippen molar-refractivity contribution in [1.82, 2.24) is 4.90 Å². The third kappa shape index (κ3) is 3.90. The van der Waals surface area contributed by atoms with Crippen LogP contribution in [-0.4, -0.2) is 68.0 Å². The van der Waals surface area contributed by atoms with E-state index in [1.807, 2.05) is 27.0 Å². The molecular formula is C18H26N6O3. The van der Waals surface area contributed by atoms with Crippen LogP contribution in [0.4, 0.5) is 0 Å². The summed E-state index contributed by atoms with van der Waals surface area (Å²) in [7, 11) is 3.60. The lowest BCUT2D eigenvalue weighted by molar-refractivity contribution is -0.126. The molecule has 1 amide bonds. The maximum Gasteiger partial charge on any atom is 0.257 e.